The van der Waals surface area contributed by atoms with Gasteiger partial charge in [0.1, 0.15) is 0 Å². The molecule has 6 nitrogen and oxygen atoms in total. The molecule has 24 rings (SSSR count). The molecule has 0 atom stereocenters. The van der Waals surface area contributed by atoms with Crippen molar-refractivity contribution in [1.29, 1.82) is 0 Å². The number of nitrogens with zero attached hydrogens (tertiary/aromatic N) is 6. The van der Waals surface area contributed by atoms with Gasteiger partial charge >= 0.3 is 0 Å². The van der Waals surface area contributed by atoms with Crippen molar-refractivity contribution in [2.75, 3.05) is 24.5 Å². The number of piperidine rings is 2. The van der Waals surface area contributed by atoms with Crippen LogP contribution in [0.25, 0.3) is 72.0 Å². The molecule has 15 aromatic carbocycles. The highest BCUT2D eigenvalue weighted by atomic mass is 15.3. The van der Waals surface area contributed by atoms with Crippen LogP contribution in [0.3, 0.4) is 0 Å². The second-order valence-corrected chi connectivity index (χ2v) is 30.6. The average Bonchev–Trinajstić information content (AvgIpc) is 0.782. The summed E-state index contributed by atoms with van der Waals surface area (Å²) in [5.74, 6) is 1.59. The maximum Gasteiger partial charge on any atom is 0.252 e. The lowest BCUT2D eigenvalue weighted by atomic mass is 9.30. The molecule has 2 aliphatic carbocycles. The quantitative estimate of drug-likeness (QED) is 0.127. The largest absolute Gasteiger partial charge is 0.365 e. The van der Waals surface area contributed by atoms with Crippen LogP contribution in [0.5, 0.6) is 0 Å². The summed E-state index contributed by atoms with van der Waals surface area (Å²) >= 11 is 0. The molecule has 7 heterocycles. The third kappa shape index (κ3) is 9.15. The van der Waals surface area contributed by atoms with Crippen molar-refractivity contribution in [3.05, 3.63) is 352 Å². The van der Waals surface area contributed by atoms with Crippen LogP contribution in [0.4, 0.5) is 73.9 Å². The van der Waals surface area contributed by atoms with E-state index in [0.29, 0.717) is 12.1 Å². The summed E-state index contributed by atoms with van der Waals surface area (Å²) in [6.45, 7) is -0.395. The number of hydrogen-bond acceptors (Lipinski definition) is 5. The van der Waals surface area contributed by atoms with Crippen LogP contribution in [0.2, 0.25) is 0 Å². The van der Waals surface area contributed by atoms with Gasteiger partial charge in [-0.25, -0.2) is 0 Å². The first-order valence-corrected chi connectivity index (χ1v) is 38.4. The van der Waals surface area contributed by atoms with Gasteiger partial charge in [-0.15, -0.1) is 0 Å². The molecule has 4 bridgehead atoms. The minimum atomic E-state index is -0.219. The summed E-state index contributed by atoms with van der Waals surface area (Å²) in [5, 5.41) is 2.45. The van der Waals surface area contributed by atoms with Crippen molar-refractivity contribution in [1.82, 2.24) is 4.57 Å². The summed E-state index contributed by atoms with van der Waals surface area (Å²) in [5.41, 5.74) is 35.9. The van der Waals surface area contributed by atoms with Crippen LogP contribution < -0.4 is 57.3 Å². The van der Waals surface area contributed by atoms with Crippen LogP contribution >= 0.6 is 0 Å². The molecule has 8 aliphatic rings. The molecule has 6 aliphatic heterocycles. The first-order valence-electron chi connectivity index (χ1n) is 38.4. The SMILES string of the molecule is c1ccc(-c2cccc(-c3ccccc3)c2N2c3ccccc3B3c4cc5c(cc4N(c4ccccc4)c4cc(N6C7CC8CC(C7)CC6C8)cc2c43)N(c2ccccc2)c2cc(-n3c4ccccc4c4ccccc43)cc3c2B5c2ccccc2N3c2c(-c3ccccc3)cccc2-c2ccccc2)cc1. The second kappa shape index (κ2) is 23.9. The van der Waals surface area contributed by atoms with Crippen molar-refractivity contribution < 1.29 is 0 Å². The number of hydrogen-bond donors (Lipinski definition) is 0. The first-order chi connectivity index (χ1) is 53.1. The summed E-state index contributed by atoms with van der Waals surface area (Å²) < 4.78 is 2.54. The number of para-hydroxylation sites is 8. The van der Waals surface area contributed by atoms with Crippen LogP contribution in [0.15, 0.2) is 352 Å². The van der Waals surface area contributed by atoms with Gasteiger partial charge in [0.15, 0.2) is 0 Å². The van der Waals surface area contributed by atoms with Crippen molar-refractivity contribution in [2.45, 2.75) is 44.2 Å². The zero-order valence-electron chi connectivity index (χ0n) is 59.2. The topological polar surface area (TPSA) is 21.1 Å². The lowest BCUT2D eigenvalue weighted by molar-refractivity contribution is 0.0900. The molecule has 2 saturated heterocycles. The number of aromatic nitrogens is 1. The summed E-state index contributed by atoms with van der Waals surface area (Å²) in [7, 11) is 0. The van der Waals surface area contributed by atoms with Crippen LogP contribution in [0, 0.1) is 11.8 Å². The maximum absolute atomic E-state index is 2.94. The number of fused-ring (bicyclic) bond motifs is 11. The predicted molar refractivity (Wildman–Crippen MR) is 451 cm³/mol. The zero-order chi connectivity index (χ0) is 70.0. The molecule has 0 unspecified atom stereocenters. The molecule has 16 aromatic rings. The highest BCUT2D eigenvalue weighted by molar-refractivity contribution is 7.03. The Hall–Kier alpha value is -12.8. The van der Waals surface area contributed by atoms with E-state index < -0.39 is 0 Å². The van der Waals surface area contributed by atoms with Crippen molar-refractivity contribution in [3.63, 3.8) is 0 Å². The maximum atomic E-state index is 2.94. The van der Waals surface area contributed by atoms with E-state index in [1.807, 2.05) is 0 Å². The number of benzene rings is 15. The smallest absolute Gasteiger partial charge is 0.252 e. The lowest BCUT2D eigenvalue weighted by Gasteiger charge is -2.58. The fourth-order valence-corrected chi connectivity index (χ4v) is 21.0. The van der Waals surface area contributed by atoms with E-state index in [1.165, 1.54) is 143 Å². The molecule has 0 radical (unpaired) electrons. The molecular weight excluding hydrogens is 1290 g/mol. The molecule has 2 saturated carbocycles. The van der Waals surface area contributed by atoms with Crippen LogP contribution in [-0.2, 0) is 0 Å². The Balaban J connectivity index is 0.844. The van der Waals surface area contributed by atoms with Gasteiger partial charge in [0.25, 0.3) is 13.4 Å². The fraction of sp³-hybridized carbons (Fsp3) is 0.0909. The molecule has 1 aromatic heterocycles. The molecule has 0 spiro atoms. The van der Waals surface area contributed by atoms with Crippen molar-refractivity contribution in [2.24, 2.45) is 11.8 Å². The van der Waals surface area contributed by atoms with E-state index in [0.717, 1.165) is 79.6 Å². The van der Waals surface area contributed by atoms with Gasteiger partial charge in [0.05, 0.1) is 28.1 Å². The summed E-state index contributed by atoms with van der Waals surface area (Å²) in [6, 6.07) is 135. The summed E-state index contributed by atoms with van der Waals surface area (Å²) in [6.07, 6.45) is 6.42. The molecule has 0 amide bonds. The predicted octanol–water partition coefficient (Wildman–Crippen LogP) is 21.4. The third-order valence-electron chi connectivity index (χ3n) is 24.9. The zero-order valence-corrected chi connectivity index (χ0v) is 59.2. The minimum Gasteiger partial charge on any atom is -0.365 e. The molecule has 107 heavy (non-hydrogen) atoms. The van der Waals surface area contributed by atoms with Gasteiger partial charge in [-0.05, 0) is 178 Å². The normalized spacial score (nSPS) is 17.4. The Kier molecular flexibility index (Phi) is 13.5. The third-order valence-corrected chi connectivity index (χ3v) is 24.9. The van der Waals surface area contributed by atoms with Gasteiger partial charge in [0, 0.05) is 108 Å². The van der Waals surface area contributed by atoms with E-state index in [-0.39, 0.29) is 13.4 Å². The van der Waals surface area contributed by atoms with Gasteiger partial charge in [-0.2, -0.15) is 0 Å². The fourth-order valence-electron chi connectivity index (χ4n) is 21.0. The molecule has 504 valence electrons. The number of anilines is 13. The Morgan fingerprint density at radius 2 is 0.570 bits per heavy atom. The highest BCUT2D eigenvalue weighted by Gasteiger charge is 2.52. The van der Waals surface area contributed by atoms with Crippen LogP contribution in [-0.4, -0.2) is 30.1 Å². The van der Waals surface area contributed by atoms with Gasteiger partial charge in [-0.3, -0.25) is 0 Å². The molecule has 0 N–H and O–H groups in total. The van der Waals surface area contributed by atoms with E-state index >= 15 is 0 Å². The Morgan fingerprint density at radius 1 is 0.234 bits per heavy atom. The first kappa shape index (κ1) is 60.6. The summed E-state index contributed by atoms with van der Waals surface area (Å²) in [4.78, 5) is 13.7. The lowest BCUT2D eigenvalue weighted by Crippen LogP contribution is -2.65. The van der Waals surface area contributed by atoms with Crippen LogP contribution in [0.1, 0.15) is 32.1 Å². The van der Waals surface area contributed by atoms with Crippen molar-refractivity contribution >= 4 is 142 Å². The van der Waals surface area contributed by atoms with Gasteiger partial charge < -0.3 is 29.1 Å². The van der Waals surface area contributed by atoms with E-state index in [2.05, 4.69) is 381 Å². The molecular formula is C99H72B2N6. The second-order valence-electron chi connectivity index (χ2n) is 30.6. The molecule has 4 fully saturated rings. The van der Waals surface area contributed by atoms with E-state index in [9.17, 15) is 0 Å². The number of rotatable bonds is 10. The van der Waals surface area contributed by atoms with Gasteiger partial charge in [-0.1, -0.05) is 273 Å². The average molecular weight is 1370 g/mol. The van der Waals surface area contributed by atoms with Crippen molar-refractivity contribution in [3.8, 4) is 50.2 Å². The van der Waals surface area contributed by atoms with Gasteiger partial charge in [0.2, 0.25) is 0 Å². The monoisotopic (exact) mass is 1370 g/mol. The van der Waals surface area contributed by atoms with E-state index in [1.54, 1.807) is 0 Å². The minimum absolute atomic E-state index is 0.176. The Labute approximate surface area is 625 Å². The Morgan fingerprint density at radius 3 is 0.972 bits per heavy atom. The standard InChI is InChI=1S/C99H72B2N6/c1-7-29-66(30-8-1)76-43-27-44-77(67-31-9-2-10-32-67)98(76)106-88-51-25-21-47-82(88)100-84-62-85-91(63-90(84)103(70-37-15-5-16-38-70)92-58-74(59-94(106)96(92)100)102-72-54-64-53-65(56-72)57-73(102)55-64)104(71-39-17-6-18-40-71)93-60-75(105-86-49-23-19-41-80(86)81-42-20-24-50-87(81)105)61-95-97(93)101(85)83-48-22-26-52-89(83)107(95)99-78(68-33-11-3-12-34-68)45-28-46-79(99)69-35-13-4-14-36-69/h1-52,58-65,72-73H,53-57H2. The highest BCUT2D eigenvalue weighted by Crippen LogP contribution is 2.57. The Bertz CT molecular complexity index is 6070. The molecule has 8 heteroatoms. The van der Waals surface area contributed by atoms with E-state index in [4.69, 9.17) is 0 Å².